The second-order valence-electron chi connectivity index (χ2n) is 5.19. The minimum Gasteiger partial charge on any atom is -0.321 e. The molecule has 0 aliphatic heterocycles. The van der Waals surface area contributed by atoms with Crippen LogP contribution in [0.4, 0.5) is 0 Å². The monoisotopic (exact) mass is 284 g/mol. The Bertz CT molecular complexity index is 570. The van der Waals surface area contributed by atoms with E-state index in [1.54, 1.807) is 0 Å². The van der Waals surface area contributed by atoms with E-state index in [4.69, 9.17) is 23.2 Å². The van der Waals surface area contributed by atoms with Crippen LogP contribution in [-0.2, 0) is 5.54 Å². The van der Waals surface area contributed by atoms with E-state index in [1.807, 2.05) is 25.1 Å². The fourth-order valence-electron chi connectivity index (χ4n) is 2.14. The maximum Gasteiger partial charge on any atom is 0.128 e. The first-order chi connectivity index (χ1) is 8.38. The Morgan fingerprint density at radius 2 is 2.06 bits per heavy atom. The van der Waals surface area contributed by atoms with Gasteiger partial charge in [-0.1, -0.05) is 24.6 Å². The smallest absolute Gasteiger partial charge is 0.128 e. The molecule has 0 aliphatic carbocycles. The lowest BCUT2D eigenvalue weighted by molar-refractivity contribution is 0.341. The van der Waals surface area contributed by atoms with Crippen LogP contribution in [0.5, 0.6) is 0 Å². The van der Waals surface area contributed by atoms with E-state index >= 15 is 0 Å². The number of aromatic nitrogens is 2. The quantitative estimate of drug-likeness (QED) is 0.714. The first-order valence-corrected chi connectivity index (χ1v) is 7.01. The first-order valence-electron chi connectivity index (χ1n) is 6.20. The Morgan fingerprint density at radius 3 is 2.61 bits per heavy atom. The van der Waals surface area contributed by atoms with E-state index < -0.39 is 0 Å². The normalized spacial score (nSPS) is 14.1. The lowest BCUT2D eigenvalue weighted by Crippen LogP contribution is -2.27. The summed E-state index contributed by atoms with van der Waals surface area (Å²) in [5.74, 6) is 0.881. The van der Waals surface area contributed by atoms with E-state index in [1.165, 1.54) is 0 Å². The maximum absolute atomic E-state index is 6.27. The Balaban J connectivity index is 2.83. The number of halogens is 2. The number of para-hydroxylation sites is 1. The molecule has 18 heavy (non-hydrogen) atoms. The molecule has 2 aromatic rings. The van der Waals surface area contributed by atoms with Gasteiger partial charge in [-0.25, -0.2) is 4.98 Å². The Labute approximate surface area is 118 Å². The van der Waals surface area contributed by atoms with Crippen molar-refractivity contribution in [3.05, 3.63) is 29.0 Å². The lowest BCUT2D eigenvalue weighted by Gasteiger charge is -2.28. The van der Waals surface area contributed by atoms with Crippen LogP contribution >= 0.6 is 23.2 Å². The van der Waals surface area contributed by atoms with Gasteiger partial charge in [0.2, 0.25) is 0 Å². The molecule has 0 aliphatic rings. The molecule has 0 spiro atoms. The van der Waals surface area contributed by atoms with Gasteiger partial charge < -0.3 is 4.57 Å². The molecule has 2 rings (SSSR count). The lowest BCUT2D eigenvalue weighted by atomic mass is 10.0. The summed E-state index contributed by atoms with van der Waals surface area (Å²) >= 11 is 12.5. The molecule has 1 aromatic heterocycles. The van der Waals surface area contributed by atoms with E-state index in [-0.39, 0.29) is 10.9 Å². The van der Waals surface area contributed by atoms with Gasteiger partial charge in [0.15, 0.2) is 0 Å². The molecule has 0 fully saturated rings. The summed E-state index contributed by atoms with van der Waals surface area (Å²) in [5, 5.41) is 0.538. The summed E-state index contributed by atoms with van der Waals surface area (Å²) in [5.41, 5.74) is 1.86. The summed E-state index contributed by atoms with van der Waals surface area (Å²) in [6.07, 6.45) is 1.00. The van der Waals surface area contributed by atoms with Gasteiger partial charge in [0.05, 0.1) is 15.9 Å². The summed E-state index contributed by atoms with van der Waals surface area (Å²) < 4.78 is 2.21. The average molecular weight is 285 g/mol. The number of rotatable bonds is 3. The third-order valence-electron chi connectivity index (χ3n) is 3.49. The van der Waals surface area contributed by atoms with Gasteiger partial charge in [-0.05, 0) is 39.3 Å². The van der Waals surface area contributed by atoms with Crippen molar-refractivity contribution in [2.75, 3.05) is 0 Å². The van der Waals surface area contributed by atoms with Crippen molar-refractivity contribution in [2.24, 2.45) is 0 Å². The van der Waals surface area contributed by atoms with Crippen molar-refractivity contribution in [3.8, 4) is 0 Å². The van der Waals surface area contributed by atoms with Crippen LogP contribution in [0.1, 0.15) is 45.3 Å². The first kappa shape index (κ1) is 13.7. The molecular weight excluding hydrogens is 267 g/mol. The molecule has 0 N–H and O–H groups in total. The third-order valence-corrected chi connectivity index (χ3v) is 3.99. The van der Waals surface area contributed by atoms with Crippen LogP contribution in [0.2, 0.25) is 5.02 Å². The minimum absolute atomic E-state index is 0.0298. The minimum atomic E-state index is -0.140. The van der Waals surface area contributed by atoms with Gasteiger partial charge in [-0.15, -0.1) is 11.6 Å². The highest BCUT2D eigenvalue weighted by Gasteiger charge is 2.26. The third kappa shape index (κ3) is 2.12. The van der Waals surface area contributed by atoms with Crippen molar-refractivity contribution >= 4 is 34.2 Å². The van der Waals surface area contributed by atoms with Crippen LogP contribution in [0.15, 0.2) is 18.2 Å². The van der Waals surface area contributed by atoms with Gasteiger partial charge >= 0.3 is 0 Å². The second kappa shape index (κ2) is 4.75. The van der Waals surface area contributed by atoms with E-state index in [2.05, 4.69) is 30.3 Å². The van der Waals surface area contributed by atoms with Crippen LogP contribution in [-0.4, -0.2) is 9.55 Å². The zero-order valence-electron chi connectivity index (χ0n) is 11.2. The van der Waals surface area contributed by atoms with Crippen molar-refractivity contribution in [1.29, 1.82) is 0 Å². The van der Waals surface area contributed by atoms with E-state index in [0.717, 1.165) is 23.3 Å². The SMILES string of the molecule is CCC(C)(C)n1c(C(C)Cl)nc2c(Cl)cccc21. The summed E-state index contributed by atoms with van der Waals surface area (Å²) in [4.78, 5) is 4.63. The highest BCUT2D eigenvalue weighted by Crippen LogP contribution is 2.34. The summed E-state index contributed by atoms with van der Waals surface area (Å²) in [6, 6.07) is 5.87. The molecule has 0 saturated carbocycles. The predicted molar refractivity (Wildman–Crippen MR) is 78.6 cm³/mol. The molecule has 0 radical (unpaired) electrons. The molecule has 1 unspecified atom stereocenters. The standard InChI is InChI=1S/C14H18Cl2N2/c1-5-14(3,4)18-11-8-6-7-10(16)12(11)17-13(18)9(2)15/h6-9H,5H2,1-4H3. The topological polar surface area (TPSA) is 17.8 Å². The fourth-order valence-corrected chi connectivity index (χ4v) is 2.50. The molecule has 0 amide bonds. The average Bonchev–Trinajstić information content (AvgIpc) is 2.70. The molecule has 4 heteroatoms. The van der Waals surface area contributed by atoms with Crippen LogP contribution < -0.4 is 0 Å². The van der Waals surface area contributed by atoms with Gasteiger partial charge in [0, 0.05) is 5.54 Å². The number of nitrogens with zero attached hydrogens (tertiary/aromatic N) is 2. The van der Waals surface area contributed by atoms with Gasteiger partial charge in [0.25, 0.3) is 0 Å². The summed E-state index contributed by atoms with van der Waals surface area (Å²) in [7, 11) is 0. The Kier molecular flexibility index (Phi) is 3.61. The van der Waals surface area contributed by atoms with E-state index in [9.17, 15) is 0 Å². The van der Waals surface area contributed by atoms with Crippen molar-refractivity contribution in [2.45, 2.75) is 45.0 Å². The molecule has 2 nitrogen and oxygen atoms in total. The number of hydrogen-bond donors (Lipinski definition) is 0. The predicted octanol–water partition coefficient (Wildman–Crippen LogP) is 5.13. The van der Waals surface area contributed by atoms with E-state index in [0.29, 0.717) is 5.02 Å². The molecular formula is C14H18Cl2N2. The number of imidazole rings is 1. The Morgan fingerprint density at radius 1 is 1.39 bits per heavy atom. The van der Waals surface area contributed by atoms with Crippen molar-refractivity contribution in [1.82, 2.24) is 9.55 Å². The van der Waals surface area contributed by atoms with Crippen LogP contribution in [0.3, 0.4) is 0 Å². The number of benzene rings is 1. The fraction of sp³-hybridized carbons (Fsp3) is 0.500. The van der Waals surface area contributed by atoms with Gasteiger partial charge in [-0.3, -0.25) is 0 Å². The molecule has 0 saturated heterocycles. The molecule has 1 aromatic carbocycles. The number of fused-ring (bicyclic) bond motifs is 1. The van der Waals surface area contributed by atoms with Crippen LogP contribution in [0.25, 0.3) is 11.0 Å². The number of alkyl halides is 1. The molecule has 0 bridgehead atoms. The van der Waals surface area contributed by atoms with Crippen molar-refractivity contribution < 1.29 is 0 Å². The highest BCUT2D eigenvalue weighted by molar-refractivity contribution is 6.35. The van der Waals surface area contributed by atoms with Gasteiger partial charge in [0.1, 0.15) is 11.3 Å². The molecule has 98 valence electrons. The van der Waals surface area contributed by atoms with Crippen molar-refractivity contribution in [3.63, 3.8) is 0 Å². The Hall–Kier alpha value is -0.730. The number of hydrogen-bond acceptors (Lipinski definition) is 1. The van der Waals surface area contributed by atoms with Crippen LogP contribution in [0, 0.1) is 0 Å². The zero-order valence-corrected chi connectivity index (χ0v) is 12.7. The highest BCUT2D eigenvalue weighted by atomic mass is 35.5. The molecule has 1 heterocycles. The summed E-state index contributed by atoms with van der Waals surface area (Å²) in [6.45, 7) is 8.49. The van der Waals surface area contributed by atoms with Gasteiger partial charge in [-0.2, -0.15) is 0 Å². The maximum atomic E-state index is 6.27. The second-order valence-corrected chi connectivity index (χ2v) is 6.26. The largest absolute Gasteiger partial charge is 0.321 e. The molecule has 1 atom stereocenters. The zero-order chi connectivity index (χ0) is 13.5.